The van der Waals surface area contributed by atoms with E-state index in [4.69, 9.17) is 4.74 Å². The highest BCUT2D eigenvalue weighted by molar-refractivity contribution is 9.11. The zero-order valence-electron chi connectivity index (χ0n) is 13.3. The van der Waals surface area contributed by atoms with Crippen LogP contribution in [0.25, 0.3) is 10.2 Å². The number of carbonyl (C=O) groups is 1. The molecule has 0 aliphatic heterocycles. The lowest BCUT2D eigenvalue weighted by atomic mass is 10.2. The van der Waals surface area contributed by atoms with Crippen LogP contribution < -0.4 is 15.7 Å². The van der Waals surface area contributed by atoms with E-state index in [1.54, 1.807) is 6.07 Å². The Morgan fingerprint density at radius 2 is 2.12 bits per heavy atom. The minimum Gasteiger partial charge on any atom is -0.483 e. The van der Waals surface area contributed by atoms with Crippen LogP contribution in [0.4, 0.5) is 0 Å². The molecule has 0 fully saturated rings. The molecule has 3 rings (SSSR count). The number of nitrogens with zero attached hydrogens (tertiary/aromatic N) is 2. The van der Waals surface area contributed by atoms with E-state index in [9.17, 15) is 9.59 Å². The molecule has 0 radical (unpaired) electrons. The minimum absolute atomic E-state index is 0.230. The molecule has 0 unspecified atom stereocenters. The number of nitrogens with one attached hydrogen (secondary N) is 1. The van der Waals surface area contributed by atoms with Gasteiger partial charge in [0.05, 0.1) is 9.86 Å². The quantitative estimate of drug-likeness (QED) is 0.609. The summed E-state index contributed by atoms with van der Waals surface area (Å²) in [5, 5.41) is 0.530. The molecule has 1 N–H and O–H groups in total. The standard InChI is InChI=1S/C16H13Br2N3O3S/c1-8-9(2)25-15-14(8)16(23)21(7-19-15)20-13(22)6-24-12-4-3-10(17)5-11(12)18/h3-5,7H,6H2,1-2H3,(H,20,22). The third-order valence-electron chi connectivity index (χ3n) is 3.59. The molecule has 9 heteroatoms. The molecule has 0 saturated heterocycles. The zero-order chi connectivity index (χ0) is 18.1. The molecule has 0 atom stereocenters. The van der Waals surface area contributed by atoms with Crippen LogP contribution in [0, 0.1) is 13.8 Å². The smallest absolute Gasteiger partial charge is 0.281 e. The Morgan fingerprint density at radius 1 is 1.36 bits per heavy atom. The molecule has 3 aromatic rings. The topological polar surface area (TPSA) is 73.2 Å². The SMILES string of the molecule is Cc1sc2ncn(NC(=O)COc3ccc(Br)cc3Br)c(=O)c2c1C. The summed E-state index contributed by atoms with van der Waals surface area (Å²) in [6.45, 7) is 3.58. The Labute approximate surface area is 164 Å². The lowest BCUT2D eigenvalue weighted by Crippen LogP contribution is -2.35. The number of benzene rings is 1. The van der Waals surface area contributed by atoms with E-state index in [1.165, 1.54) is 17.7 Å². The van der Waals surface area contributed by atoms with Gasteiger partial charge in [0.2, 0.25) is 0 Å². The number of aryl methyl sites for hydroxylation is 2. The molecule has 2 aromatic heterocycles. The Balaban J connectivity index is 1.75. The number of fused-ring (bicyclic) bond motifs is 1. The maximum absolute atomic E-state index is 12.5. The first-order chi connectivity index (χ1) is 11.9. The molecular weight excluding hydrogens is 474 g/mol. The monoisotopic (exact) mass is 485 g/mol. The maximum atomic E-state index is 12.5. The molecule has 6 nitrogen and oxygen atoms in total. The molecule has 25 heavy (non-hydrogen) atoms. The van der Waals surface area contributed by atoms with Crippen molar-refractivity contribution in [2.45, 2.75) is 13.8 Å². The third-order valence-corrected chi connectivity index (χ3v) is 5.82. The fourth-order valence-electron chi connectivity index (χ4n) is 2.22. The molecule has 2 heterocycles. The maximum Gasteiger partial charge on any atom is 0.281 e. The van der Waals surface area contributed by atoms with Gasteiger partial charge in [-0.3, -0.25) is 15.0 Å². The van der Waals surface area contributed by atoms with E-state index in [0.29, 0.717) is 16.0 Å². The largest absolute Gasteiger partial charge is 0.483 e. The zero-order valence-corrected chi connectivity index (χ0v) is 17.3. The van der Waals surface area contributed by atoms with Crippen molar-refractivity contribution < 1.29 is 9.53 Å². The lowest BCUT2D eigenvalue weighted by molar-refractivity contribution is -0.119. The summed E-state index contributed by atoms with van der Waals surface area (Å²) in [6, 6.07) is 5.36. The second-order valence-corrected chi connectivity index (χ2v) is 8.25. The van der Waals surface area contributed by atoms with Gasteiger partial charge in [-0.1, -0.05) is 15.9 Å². The van der Waals surface area contributed by atoms with Gasteiger partial charge in [0.1, 0.15) is 16.9 Å². The molecule has 0 saturated carbocycles. The highest BCUT2D eigenvalue weighted by Gasteiger charge is 2.14. The predicted molar refractivity (Wildman–Crippen MR) is 105 cm³/mol. The van der Waals surface area contributed by atoms with Crippen LogP contribution >= 0.6 is 43.2 Å². The average molecular weight is 487 g/mol. The third kappa shape index (κ3) is 3.78. The van der Waals surface area contributed by atoms with E-state index < -0.39 is 5.91 Å². The van der Waals surface area contributed by atoms with Gasteiger partial charge < -0.3 is 4.74 Å². The van der Waals surface area contributed by atoms with Crippen LogP contribution in [-0.2, 0) is 4.79 Å². The van der Waals surface area contributed by atoms with Gasteiger partial charge in [-0.25, -0.2) is 9.66 Å². The van der Waals surface area contributed by atoms with E-state index in [2.05, 4.69) is 42.3 Å². The number of hydrogen-bond donors (Lipinski definition) is 1. The molecule has 0 aliphatic rings. The summed E-state index contributed by atoms with van der Waals surface area (Å²) in [5.74, 6) is 0.0752. The molecule has 130 valence electrons. The fourth-order valence-corrected chi connectivity index (χ4v) is 4.37. The van der Waals surface area contributed by atoms with Crippen LogP contribution in [-0.4, -0.2) is 22.2 Å². The normalized spacial score (nSPS) is 10.9. The van der Waals surface area contributed by atoms with Crippen molar-refractivity contribution in [3.63, 3.8) is 0 Å². The first-order valence-electron chi connectivity index (χ1n) is 7.22. The van der Waals surface area contributed by atoms with Crippen LogP contribution in [0.3, 0.4) is 0 Å². The van der Waals surface area contributed by atoms with Gasteiger partial charge in [-0.15, -0.1) is 11.3 Å². The number of aromatic nitrogens is 2. The van der Waals surface area contributed by atoms with E-state index in [0.717, 1.165) is 24.1 Å². The Hall–Kier alpha value is -1.71. The Bertz CT molecular complexity index is 1030. The van der Waals surface area contributed by atoms with E-state index >= 15 is 0 Å². The first-order valence-corrected chi connectivity index (χ1v) is 9.62. The summed E-state index contributed by atoms with van der Waals surface area (Å²) < 4.78 is 8.17. The van der Waals surface area contributed by atoms with Gasteiger partial charge in [0.25, 0.3) is 11.5 Å². The summed E-state index contributed by atoms with van der Waals surface area (Å²) in [4.78, 5) is 30.6. The van der Waals surface area contributed by atoms with Gasteiger partial charge in [-0.2, -0.15) is 0 Å². The lowest BCUT2D eigenvalue weighted by Gasteiger charge is -2.10. The van der Waals surface area contributed by atoms with Crippen LogP contribution in [0.5, 0.6) is 5.75 Å². The second-order valence-electron chi connectivity index (χ2n) is 5.28. The number of rotatable bonds is 4. The Morgan fingerprint density at radius 3 is 2.84 bits per heavy atom. The van der Waals surface area contributed by atoms with Gasteiger partial charge in [-0.05, 0) is 53.5 Å². The van der Waals surface area contributed by atoms with Crippen molar-refractivity contribution in [2.24, 2.45) is 0 Å². The molecule has 1 amide bonds. The number of hydrogen-bond acceptors (Lipinski definition) is 5. The first kappa shape index (κ1) is 18.1. The van der Waals surface area contributed by atoms with Crippen molar-refractivity contribution in [1.29, 1.82) is 0 Å². The minimum atomic E-state index is -0.456. The predicted octanol–water partition coefficient (Wildman–Crippen LogP) is 3.75. The fraction of sp³-hybridized carbons (Fsp3) is 0.188. The summed E-state index contributed by atoms with van der Waals surface area (Å²) in [5.41, 5.74) is 3.08. The van der Waals surface area contributed by atoms with Crippen molar-refractivity contribution >= 4 is 59.3 Å². The van der Waals surface area contributed by atoms with Crippen LogP contribution in [0.1, 0.15) is 10.4 Å². The van der Waals surface area contributed by atoms with E-state index in [1.807, 2.05) is 26.0 Å². The molecular formula is C16H13Br2N3O3S. The number of amides is 1. The van der Waals surface area contributed by atoms with Crippen molar-refractivity contribution in [1.82, 2.24) is 9.66 Å². The van der Waals surface area contributed by atoms with Crippen molar-refractivity contribution in [3.8, 4) is 5.75 Å². The number of halogens is 2. The van der Waals surface area contributed by atoms with Crippen molar-refractivity contribution in [2.75, 3.05) is 12.0 Å². The Kier molecular flexibility index (Phi) is 5.26. The summed E-state index contributed by atoms with van der Waals surface area (Å²) >= 11 is 8.17. The van der Waals surface area contributed by atoms with Gasteiger partial charge in [0, 0.05) is 9.35 Å². The summed E-state index contributed by atoms with van der Waals surface area (Å²) in [6.07, 6.45) is 1.31. The van der Waals surface area contributed by atoms with Gasteiger partial charge in [0.15, 0.2) is 6.61 Å². The van der Waals surface area contributed by atoms with Gasteiger partial charge >= 0.3 is 0 Å². The highest BCUT2D eigenvalue weighted by atomic mass is 79.9. The van der Waals surface area contributed by atoms with Crippen molar-refractivity contribution in [3.05, 3.63) is 54.3 Å². The number of ether oxygens (including phenoxy) is 1. The highest BCUT2D eigenvalue weighted by Crippen LogP contribution is 2.28. The molecule has 0 aliphatic carbocycles. The van der Waals surface area contributed by atoms with Crippen LogP contribution in [0.2, 0.25) is 0 Å². The average Bonchev–Trinajstić information content (AvgIpc) is 2.85. The molecule has 1 aromatic carbocycles. The van der Waals surface area contributed by atoms with Crippen LogP contribution in [0.15, 0.2) is 38.3 Å². The molecule has 0 spiro atoms. The number of thiophene rings is 1. The molecule has 0 bridgehead atoms. The summed E-state index contributed by atoms with van der Waals surface area (Å²) in [7, 11) is 0. The second kappa shape index (κ2) is 7.27. The number of carbonyl (C=O) groups excluding carboxylic acids is 1. The van der Waals surface area contributed by atoms with E-state index in [-0.39, 0.29) is 12.2 Å².